The molecule has 1 aliphatic rings. The Morgan fingerprint density at radius 1 is 1.15 bits per heavy atom. The number of anilines is 2. The molecule has 0 saturated heterocycles. The molecule has 2 aromatic rings. The molecule has 1 heterocycles. The van der Waals surface area contributed by atoms with Crippen LogP contribution in [0.5, 0.6) is 5.75 Å². The summed E-state index contributed by atoms with van der Waals surface area (Å²) in [7, 11) is 1.66. The zero-order valence-electron chi connectivity index (χ0n) is 15.6. The Hall–Kier alpha value is -3.15. The number of hydrogen-bond acceptors (Lipinski definition) is 4. The molecule has 1 aliphatic heterocycles. The number of ketones is 1. The van der Waals surface area contributed by atoms with Gasteiger partial charge in [0.25, 0.3) is 5.91 Å². The summed E-state index contributed by atoms with van der Waals surface area (Å²) in [5.74, 6) is 0.0380. The van der Waals surface area contributed by atoms with E-state index >= 15 is 0 Å². The molecule has 0 spiro atoms. The van der Waals surface area contributed by atoms with Crippen molar-refractivity contribution in [2.45, 2.75) is 32.8 Å². The number of ether oxygens (including phenoxy) is 1. The summed E-state index contributed by atoms with van der Waals surface area (Å²) in [6.45, 7) is 3.63. The quantitative estimate of drug-likeness (QED) is 0.824. The molecule has 140 valence electrons. The lowest BCUT2D eigenvalue weighted by atomic mass is 10.0. The van der Waals surface area contributed by atoms with Crippen LogP contribution >= 0.6 is 0 Å². The predicted octanol–water partition coefficient (Wildman–Crippen LogP) is 3.34. The van der Waals surface area contributed by atoms with Gasteiger partial charge in [-0.2, -0.15) is 0 Å². The summed E-state index contributed by atoms with van der Waals surface area (Å²) in [6.07, 6.45) is -0.369. The molecule has 2 aromatic carbocycles. The van der Waals surface area contributed by atoms with Gasteiger partial charge in [0.15, 0.2) is 11.9 Å². The maximum atomic E-state index is 12.5. The summed E-state index contributed by atoms with van der Waals surface area (Å²) in [4.78, 5) is 38.1. The molecule has 0 aliphatic carbocycles. The van der Waals surface area contributed by atoms with Gasteiger partial charge in [0.1, 0.15) is 5.75 Å². The number of fused-ring (bicyclic) bond motifs is 1. The molecule has 3 rings (SSSR count). The van der Waals surface area contributed by atoms with Crippen LogP contribution in [0.25, 0.3) is 0 Å². The second-order valence-electron chi connectivity index (χ2n) is 6.68. The Labute approximate surface area is 158 Å². The third kappa shape index (κ3) is 4.16. The van der Waals surface area contributed by atoms with Gasteiger partial charge in [-0.15, -0.1) is 0 Å². The Morgan fingerprint density at radius 3 is 2.67 bits per heavy atom. The largest absolute Gasteiger partial charge is 0.479 e. The molecule has 27 heavy (non-hydrogen) atoms. The van der Waals surface area contributed by atoms with Gasteiger partial charge < -0.3 is 15.0 Å². The van der Waals surface area contributed by atoms with Crippen molar-refractivity contribution in [1.29, 1.82) is 0 Å². The van der Waals surface area contributed by atoms with E-state index in [1.807, 2.05) is 31.2 Å². The number of rotatable bonds is 5. The summed E-state index contributed by atoms with van der Waals surface area (Å²) >= 11 is 0. The Balaban J connectivity index is 1.63. The molecular weight excluding hydrogens is 344 g/mol. The number of nitrogens with one attached hydrogen (secondary N) is 1. The van der Waals surface area contributed by atoms with Gasteiger partial charge in [-0.05, 0) is 49.7 Å². The van der Waals surface area contributed by atoms with Crippen LogP contribution in [0.3, 0.4) is 0 Å². The summed E-state index contributed by atoms with van der Waals surface area (Å²) < 4.78 is 5.56. The van der Waals surface area contributed by atoms with Crippen molar-refractivity contribution in [2.75, 3.05) is 17.3 Å². The number of aryl methyl sites for hydroxylation is 1. The number of benzene rings is 2. The summed E-state index contributed by atoms with van der Waals surface area (Å²) in [5.41, 5.74) is 2.78. The number of likely N-dealkylation sites (N-methyl/N-ethyl adjacent to an activating group) is 1. The first-order chi connectivity index (χ1) is 12.8. The van der Waals surface area contributed by atoms with Crippen molar-refractivity contribution >= 4 is 29.0 Å². The highest BCUT2D eigenvalue weighted by molar-refractivity contribution is 6.04. The van der Waals surface area contributed by atoms with Crippen molar-refractivity contribution in [1.82, 2.24) is 0 Å². The maximum absolute atomic E-state index is 12.5. The fourth-order valence-electron chi connectivity index (χ4n) is 3.00. The van der Waals surface area contributed by atoms with Gasteiger partial charge in [-0.1, -0.05) is 12.1 Å². The number of amides is 2. The van der Waals surface area contributed by atoms with Crippen molar-refractivity contribution in [3.63, 3.8) is 0 Å². The van der Waals surface area contributed by atoms with Crippen molar-refractivity contribution in [2.24, 2.45) is 0 Å². The van der Waals surface area contributed by atoms with E-state index in [1.165, 1.54) is 4.90 Å². The summed E-state index contributed by atoms with van der Waals surface area (Å²) in [6, 6.07) is 12.5. The van der Waals surface area contributed by atoms with Crippen LogP contribution in [0.2, 0.25) is 0 Å². The summed E-state index contributed by atoms with van der Waals surface area (Å²) in [5, 5.41) is 2.79. The lowest BCUT2D eigenvalue weighted by Crippen LogP contribution is -2.42. The fourth-order valence-corrected chi connectivity index (χ4v) is 3.00. The van der Waals surface area contributed by atoms with Gasteiger partial charge in [0, 0.05) is 31.1 Å². The van der Waals surface area contributed by atoms with E-state index in [-0.39, 0.29) is 30.4 Å². The van der Waals surface area contributed by atoms with E-state index in [0.29, 0.717) is 22.7 Å². The highest BCUT2D eigenvalue weighted by Gasteiger charge is 2.29. The second-order valence-corrected chi connectivity index (χ2v) is 6.68. The Morgan fingerprint density at radius 2 is 1.93 bits per heavy atom. The third-order valence-corrected chi connectivity index (χ3v) is 4.51. The van der Waals surface area contributed by atoms with Gasteiger partial charge in [-0.25, -0.2) is 0 Å². The van der Waals surface area contributed by atoms with E-state index < -0.39 is 6.10 Å². The first-order valence-corrected chi connectivity index (χ1v) is 8.83. The predicted molar refractivity (Wildman–Crippen MR) is 103 cm³/mol. The van der Waals surface area contributed by atoms with Crippen molar-refractivity contribution in [3.8, 4) is 5.75 Å². The van der Waals surface area contributed by atoms with Crippen LogP contribution in [0.15, 0.2) is 42.5 Å². The topological polar surface area (TPSA) is 75.7 Å². The number of nitrogens with zero attached hydrogens (tertiary/aromatic N) is 1. The minimum atomic E-state index is -0.547. The monoisotopic (exact) mass is 366 g/mol. The molecule has 0 fully saturated rings. The van der Waals surface area contributed by atoms with E-state index in [1.54, 1.807) is 32.2 Å². The van der Waals surface area contributed by atoms with Crippen molar-refractivity contribution < 1.29 is 19.1 Å². The van der Waals surface area contributed by atoms with Gasteiger partial charge in [0.05, 0.1) is 5.69 Å². The van der Waals surface area contributed by atoms with Crippen LogP contribution < -0.4 is 15.0 Å². The van der Waals surface area contributed by atoms with Crippen LogP contribution in [0.4, 0.5) is 11.4 Å². The van der Waals surface area contributed by atoms with Crippen LogP contribution in [-0.4, -0.2) is 30.7 Å². The zero-order chi connectivity index (χ0) is 19.6. The van der Waals surface area contributed by atoms with E-state index in [0.717, 1.165) is 5.56 Å². The van der Waals surface area contributed by atoms with Gasteiger partial charge in [0.2, 0.25) is 5.91 Å². The zero-order valence-corrected chi connectivity index (χ0v) is 15.6. The maximum Gasteiger partial charge on any atom is 0.267 e. The van der Waals surface area contributed by atoms with Crippen LogP contribution in [-0.2, 0) is 9.59 Å². The minimum absolute atomic E-state index is 0.0886. The molecule has 0 radical (unpaired) electrons. The molecule has 1 atom stereocenters. The van der Waals surface area contributed by atoms with Gasteiger partial charge >= 0.3 is 0 Å². The van der Waals surface area contributed by atoms with Crippen molar-refractivity contribution in [3.05, 3.63) is 53.6 Å². The third-order valence-electron chi connectivity index (χ3n) is 4.51. The smallest absolute Gasteiger partial charge is 0.267 e. The lowest BCUT2D eigenvalue weighted by Gasteiger charge is -2.30. The lowest BCUT2D eigenvalue weighted by molar-refractivity contribution is -0.125. The highest BCUT2D eigenvalue weighted by atomic mass is 16.5. The number of carbonyl (C=O) groups is 3. The molecule has 2 amide bonds. The van der Waals surface area contributed by atoms with Gasteiger partial charge in [-0.3, -0.25) is 14.4 Å². The second kappa shape index (κ2) is 7.61. The first kappa shape index (κ1) is 18.6. The normalized spacial score (nSPS) is 15.7. The molecule has 0 bridgehead atoms. The minimum Gasteiger partial charge on any atom is -0.479 e. The molecule has 1 unspecified atom stereocenters. The van der Waals surface area contributed by atoms with Crippen LogP contribution in [0.1, 0.15) is 35.7 Å². The Kier molecular flexibility index (Phi) is 5.26. The van der Waals surface area contributed by atoms with E-state index in [9.17, 15) is 14.4 Å². The van der Waals surface area contributed by atoms with Crippen LogP contribution in [0, 0.1) is 6.92 Å². The highest BCUT2D eigenvalue weighted by Crippen LogP contribution is 2.34. The molecule has 6 heteroatoms. The molecule has 1 N–H and O–H groups in total. The standard InChI is InChI=1S/C21H22N2O4/c1-13-5-4-6-16(11-13)22-20(25)10-8-18(24)15-7-9-19-17(12-15)23(3)21(26)14(2)27-19/h4-7,9,11-12,14H,8,10H2,1-3H3,(H,22,25). The first-order valence-electron chi connectivity index (χ1n) is 8.83. The number of Topliss-reactive ketones (excluding diaryl/α,β-unsaturated/α-hetero) is 1. The SMILES string of the molecule is Cc1cccc(NC(=O)CCC(=O)c2ccc3c(c2)N(C)C(=O)C(C)O3)c1. The average molecular weight is 366 g/mol. The molecule has 0 saturated carbocycles. The average Bonchev–Trinajstić information content (AvgIpc) is 2.64. The molecule has 6 nitrogen and oxygen atoms in total. The van der Waals surface area contributed by atoms with E-state index in [4.69, 9.17) is 4.74 Å². The number of hydrogen-bond donors (Lipinski definition) is 1. The molecular formula is C21H22N2O4. The van der Waals surface area contributed by atoms with E-state index in [2.05, 4.69) is 5.32 Å². The number of carbonyl (C=O) groups excluding carboxylic acids is 3. The Bertz CT molecular complexity index is 907. The molecule has 0 aromatic heterocycles. The fraction of sp³-hybridized carbons (Fsp3) is 0.286.